The fraction of sp³-hybridized carbons (Fsp3) is 0. The van der Waals surface area contributed by atoms with Crippen LogP contribution in [-0.2, 0) is 0 Å². The molecule has 0 aliphatic rings. The van der Waals surface area contributed by atoms with Crippen molar-refractivity contribution in [1.82, 2.24) is 0 Å². The van der Waals surface area contributed by atoms with Crippen LogP contribution in [0.15, 0.2) is 40.4 Å². The van der Waals surface area contributed by atoms with Crippen LogP contribution >= 0.6 is 22.7 Å². The second-order valence-corrected chi connectivity index (χ2v) is 3.60. The number of hydrogen-bond donors (Lipinski definition) is 1. The lowest BCUT2D eigenvalue weighted by Crippen LogP contribution is -1.72. The van der Waals surface area contributed by atoms with Crippen LogP contribution in [-0.4, -0.2) is 0 Å². The van der Waals surface area contributed by atoms with Gasteiger partial charge >= 0.3 is 0 Å². The molecular weight excluding hydrogens is 174 g/mol. The fourth-order valence-electron chi connectivity index (χ4n) is 0.518. The van der Waals surface area contributed by atoms with Crippen LogP contribution in [0.3, 0.4) is 0 Å². The number of nitrogens with two attached hydrogens (primary N) is 1. The highest BCUT2D eigenvalue weighted by Crippen LogP contribution is 2.07. The maximum atomic E-state index is 5.30. The first-order chi connectivity index (χ1) is 5.39. The minimum absolute atomic E-state index is 0.884. The molecule has 2 rings (SSSR count). The largest absolute Gasteiger partial charge is 0.391 e. The lowest BCUT2D eigenvalue weighted by Gasteiger charge is -1.68. The molecule has 0 fully saturated rings. The third-order valence-corrected chi connectivity index (χ3v) is 2.30. The molecule has 0 aliphatic carbocycles. The van der Waals surface area contributed by atoms with Crippen molar-refractivity contribution in [1.29, 1.82) is 0 Å². The molecule has 0 aromatic carbocycles. The van der Waals surface area contributed by atoms with Crippen molar-refractivity contribution in [2.45, 2.75) is 0 Å². The molecule has 2 N–H and O–H groups in total. The van der Waals surface area contributed by atoms with Gasteiger partial charge in [0.25, 0.3) is 0 Å². The summed E-state index contributed by atoms with van der Waals surface area (Å²) >= 11 is 3.27. The van der Waals surface area contributed by atoms with Crippen LogP contribution in [0.2, 0.25) is 0 Å². The topological polar surface area (TPSA) is 26.0 Å². The summed E-state index contributed by atoms with van der Waals surface area (Å²) < 4.78 is 0. The predicted octanol–water partition coefficient (Wildman–Crippen LogP) is 3.08. The molecule has 2 heterocycles. The molecule has 0 aliphatic heterocycles. The molecule has 3 heteroatoms. The van der Waals surface area contributed by atoms with Gasteiger partial charge in [-0.2, -0.15) is 11.3 Å². The van der Waals surface area contributed by atoms with Crippen LogP contribution in [0.1, 0.15) is 0 Å². The van der Waals surface area contributed by atoms with Crippen molar-refractivity contribution in [2.75, 3.05) is 5.73 Å². The van der Waals surface area contributed by atoms with Crippen molar-refractivity contribution in [2.24, 2.45) is 0 Å². The van der Waals surface area contributed by atoms with Gasteiger partial charge in [0.15, 0.2) is 0 Å². The zero-order valence-corrected chi connectivity index (χ0v) is 7.57. The Kier molecular flexibility index (Phi) is 3.72. The highest BCUT2D eigenvalue weighted by atomic mass is 32.1. The van der Waals surface area contributed by atoms with E-state index in [-0.39, 0.29) is 0 Å². The predicted molar refractivity (Wildman–Crippen MR) is 53.1 cm³/mol. The van der Waals surface area contributed by atoms with Gasteiger partial charge in [0.05, 0.1) is 5.00 Å². The summed E-state index contributed by atoms with van der Waals surface area (Å²) in [6.45, 7) is 0. The molecule has 11 heavy (non-hydrogen) atoms. The van der Waals surface area contributed by atoms with Gasteiger partial charge in [-0.15, -0.1) is 11.3 Å². The minimum atomic E-state index is 0.884. The zero-order chi connectivity index (χ0) is 7.94. The highest BCUT2D eigenvalue weighted by Gasteiger charge is 1.75. The molecule has 0 saturated carbocycles. The van der Waals surface area contributed by atoms with Crippen molar-refractivity contribution in [3.63, 3.8) is 0 Å². The quantitative estimate of drug-likeness (QED) is 0.667. The van der Waals surface area contributed by atoms with Crippen LogP contribution < -0.4 is 5.73 Å². The van der Waals surface area contributed by atoms with E-state index in [2.05, 4.69) is 0 Å². The van der Waals surface area contributed by atoms with Crippen LogP contribution in [0.5, 0.6) is 0 Å². The van der Waals surface area contributed by atoms with Crippen LogP contribution in [0, 0.1) is 0 Å². The molecule has 0 radical (unpaired) electrons. The van der Waals surface area contributed by atoms with E-state index in [9.17, 15) is 0 Å². The summed E-state index contributed by atoms with van der Waals surface area (Å²) in [4.78, 5) is 0. The van der Waals surface area contributed by atoms with Gasteiger partial charge in [0.2, 0.25) is 0 Å². The van der Waals surface area contributed by atoms with Gasteiger partial charge in [-0.25, -0.2) is 0 Å². The SMILES string of the molecule is Nc1cccs1.c1ccsc1. The zero-order valence-electron chi connectivity index (χ0n) is 5.94. The van der Waals surface area contributed by atoms with Crippen molar-refractivity contribution in [3.05, 3.63) is 40.4 Å². The Hall–Kier alpha value is -0.800. The van der Waals surface area contributed by atoms with Crippen molar-refractivity contribution >= 4 is 27.7 Å². The second kappa shape index (κ2) is 4.93. The van der Waals surface area contributed by atoms with E-state index in [0.29, 0.717) is 0 Å². The molecule has 0 saturated heterocycles. The van der Waals surface area contributed by atoms with Crippen LogP contribution in [0.25, 0.3) is 0 Å². The van der Waals surface area contributed by atoms with Gasteiger partial charge in [-0.05, 0) is 28.3 Å². The Balaban J connectivity index is 0.000000112. The van der Waals surface area contributed by atoms with E-state index in [1.807, 2.05) is 40.4 Å². The van der Waals surface area contributed by atoms with E-state index in [1.165, 1.54) is 0 Å². The standard InChI is InChI=1S/C4H5NS.C4H4S/c5-4-2-1-3-6-4;1-2-4-5-3-1/h1-3H,5H2;1-4H. The van der Waals surface area contributed by atoms with Crippen molar-refractivity contribution < 1.29 is 0 Å². The number of nitrogen functional groups attached to an aromatic ring is 1. The van der Waals surface area contributed by atoms with E-state index in [4.69, 9.17) is 5.73 Å². The lowest BCUT2D eigenvalue weighted by atomic mass is 10.6. The van der Waals surface area contributed by atoms with Gasteiger partial charge in [0.1, 0.15) is 0 Å². The number of hydrogen-bond acceptors (Lipinski definition) is 3. The summed E-state index contributed by atoms with van der Waals surface area (Å²) in [5.41, 5.74) is 5.30. The van der Waals surface area contributed by atoms with Gasteiger partial charge < -0.3 is 5.73 Å². The Labute approximate surface area is 74.1 Å². The third-order valence-electron chi connectivity index (χ3n) is 0.969. The van der Waals surface area contributed by atoms with E-state index < -0.39 is 0 Å². The summed E-state index contributed by atoms with van der Waals surface area (Å²) in [7, 11) is 0. The van der Waals surface area contributed by atoms with E-state index in [1.54, 1.807) is 22.7 Å². The van der Waals surface area contributed by atoms with Crippen molar-refractivity contribution in [3.8, 4) is 0 Å². The summed E-state index contributed by atoms with van der Waals surface area (Å²) in [6.07, 6.45) is 0. The molecule has 2 aromatic heterocycles. The monoisotopic (exact) mass is 183 g/mol. The maximum Gasteiger partial charge on any atom is 0.0856 e. The molecule has 0 bridgehead atoms. The second-order valence-electron chi connectivity index (χ2n) is 1.81. The number of anilines is 1. The highest BCUT2D eigenvalue weighted by molar-refractivity contribution is 7.13. The normalized spacial score (nSPS) is 8.36. The smallest absolute Gasteiger partial charge is 0.0856 e. The molecule has 0 atom stereocenters. The van der Waals surface area contributed by atoms with Gasteiger partial charge in [-0.1, -0.05) is 12.1 Å². The van der Waals surface area contributed by atoms with E-state index >= 15 is 0 Å². The first-order valence-corrected chi connectivity index (χ1v) is 4.98. The Bertz CT molecular complexity index is 230. The Morgan fingerprint density at radius 3 is 1.91 bits per heavy atom. The van der Waals surface area contributed by atoms with Gasteiger partial charge in [-0.3, -0.25) is 0 Å². The number of thiophene rings is 2. The molecule has 0 amide bonds. The third kappa shape index (κ3) is 3.80. The summed E-state index contributed by atoms with van der Waals surface area (Å²) in [5, 5.41) is 6.92. The number of rotatable bonds is 0. The van der Waals surface area contributed by atoms with Crippen LogP contribution in [0.4, 0.5) is 5.00 Å². The molecule has 58 valence electrons. The average molecular weight is 183 g/mol. The Morgan fingerprint density at radius 1 is 1.00 bits per heavy atom. The first kappa shape index (κ1) is 8.30. The minimum Gasteiger partial charge on any atom is -0.391 e. The molecule has 1 nitrogen and oxygen atoms in total. The molecular formula is C8H9NS2. The average Bonchev–Trinajstić information content (AvgIpc) is 2.57. The molecule has 0 unspecified atom stereocenters. The molecule has 0 spiro atoms. The fourth-order valence-corrected chi connectivity index (χ4v) is 1.44. The molecule has 2 aromatic rings. The lowest BCUT2D eigenvalue weighted by molar-refractivity contribution is 1.94. The maximum absolute atomic E-state index is 5.30. The van der Waals surface area contributed by atoms with Gasteiger partial charge in [0, 0.05) is 0 Å². The summed E-state index contributed by atoms with van der Waals surface area (Å²) in [5.74, 6) is 0. The Morgan fingerprint density at radius 2 is 1.73 bits per heavy atom. The van der Waals surface area contributed by atoms with E-state index in [0.717, 1.165) is 5.00 Å². The summed E-state index contributed by atoms with van der Waals surface area (Å²) in [6, 6.07) is 7.85. The first-order valence-electron chi connectivity index (χ1n) is 3.16.